The molecule has 0 aliphatic rings. The van der Waals surface area contributed by atoms with E-state index in [1.54, 1.807) is 11.6 Å². The summed E-state index contributed by atoms with van der Waals surface area (Å²) in [6.45, 7) is 5.83. The van der Waals surface area contributed by atoms with Crippen LogP contribution in [0.3, 0.4) is 0 Å². The van der Waals surface area contributed by atoms with Gasteiger partial charge in [0.05, 0.1) is 6.54 Å². The van der Waals surface area contributed by atoms with Crippen LogP contribution in [-0.4, -0.2) is 26.2 Å². The van der Waals surface area contributed by atoms with Gasteiger partial charge in [-0.2, -0.15) is 5.10 Å². The van der Waals surface area contributed by atoms with Gasteiger partial charge in [-0.3, -0.25) is 4.79 Å². The van der Waals surface area contributed by atoms with Crippen molar-refractivity contribution in [3.8, 4) is 0 Å². The minimum Gasteiger partial charge on any atom is -0.368 e. The summed E-state index contributed by atoms with van der Waals surface area (Å²) in [7, 11) is 0. The number of nitrogens with zero attached hydrogens (tertiary/aromatic N) is 3. The van der Waals surface area contributed by atoms with Crippen molar-refractivity contribution in [2.24, 2.45) is 11.5 Å². The fourth-order valence-corrected chi connectivity index (χ4v) is 1.35. The molecule has 1 aromatic heterocycles. The number of aromatic nitrogens is 3. The van der Waals surface area contributed by atoms with Crippen LogP contribution >= 0.6 is 0 Å². The zero-order valence-electron chi connectivity index (χ0n) is 10.0. The van der Waals surface area contributed by atoms with Gasteiger partial charge in [0.2, 0.25) is 5.91 Å². The van der Waals surface area contributed by atoms with Crippen LogP contribution in [0.1, 0.15) is 32.4 Å². The first-order valence-corrected chi connectivity index (χ1v) is 5.42. The van der Waals surface area contributed by atoms with Crippen LogP contribution in [0.4, 0.5) is 0 Å². The molecule has 0 aliphatic heterocycles. The number of hydrogen-bond acceptors (Lipinski definition) is 4. The van der Waals surface area contributed by atoms with Crippen LogP contribution < -0.4 is 11.5 Å². The van der Waals surface area contributed by atoms with Gasteiger partial charge in [-0.1, -0.05) is 13.8 Å². The van der Waals surface area contributed by atoms with E-state index in [2.05, 4.69) is 10.1 Å². The monoisotopic (exact) mass is 225 g/mol. The minimum atomic E-state index is -1.09. The van der Waals surface area contributed by atoms with E-state index in [-0.39, 0.29) is 6.54 Å². The van der Waals surface area contributed by atoms with Gasteiger partial charge in [-0.15, -0.1) is 0 Å². The normalized spacial score (nSPS) is 14.8. The van der Waals surface area contributed by atoms with Crippen molar-refractivity contribution in [1.29, 1.82) is 0 Å². The van der Waals surface area contributed by atoms with E-state index >= 15 is 0 Å². The summed E-state index contributed by atoms with van der Waals surface area (Å²) < 4.78 is 1.67. The van der Waals surface area contributed by atoms with Crippen molar-refractivity contribution in [3.05, 3.63) is 11.6 Å². The summed E-state index contributed by atoms with van der Waals surface area (Å²) in [6.07, 6.45) is 1.51. The number of nitrogens with two attached hydrogens (primary N) is 2. The predicted octanol–water partition coefficient (Wildman–Crippen LogP) is -0.394. The molecule has 0 saturated carbocycles. The first-order chi connectivity index (χ1) is 7.40. The van der Waals surface area contributed by atoms with Crippen LogP contribution in [-0.2, 0) is 24.2 Å². The molecule has 0 aromatic carbocycles. The van der Waals surface area contributed by atoms with E-state index in [4.69, 9.17) is 11.5 Å². The van der Waals surface area contributed by atoms with Gasteiger partial charge in [0.15, 0.2) is 5.82 Å². The van der Waals surface area contributed by atoms with Crippen molar-refractivity contribution >= 4 is 5.91 Å². The molecule has 0 aliphatic carbocycles. The van der Waals surface area contributed by atoms with E-state index in [0.29, 0.717) is 0 Å². The zero-order chi connectivity index (χ0) is 12.3. The topological polar surface area (TPSA) is 99.8 Å². The second-order valence-corrected chi connectivity index (χ2v) is 4.09. The van der Waals surface area contributed by atoms with E-state index in [1.165, 1.54) is 0 Å². The molecule has 1 atom stereocenters. The molecule has 1 amide bonds. The number of primary amides is 1. The smallest absolute Gasteiger partial charge is 0.239 e. The van der Waals surface area contributed by atoms with Gasteiger partial charge < -0.3 is 11.5 Å². The van der Waals surface area contributed by atoms with Gasteiger partial charge in [-0.05, 0) is 6.92 Å². The maximum Gasteiger partial charge on any atom is 0.239 e. The molecule has 6 nitrogen and oxygen atoms in total. The third-order valence-corrected chi connectivity index (χ3v) is 2.47. The molecule has 0 radical (unpaired) electrons. The molecule has 0 bridgehead atoms. The summed E-state index contributed by atoms with van der Waals surface area (Å²) in [5, 5.41) is 4.28. The number of carbonyl (C=O) groups excluding carboxylic acids is 1. The second kappa shape index (κ2) is 4.61. The van der Waals surface area contributed by atoms with Crippen molar-refractivity contribution in [3.63, 3.8) is 0 Å². The Morgan fingerprint density at radius 3 is 2.50 bits per heavy atom. The third-order valence-electron chi connectivity index (χ3n) is 2.47. The van der Waals surface area contributed by atoms with Crippen LogP contribution in [0.15, 0.2) is 0 Å². The lowest BCUT2D eigenvalue weighted by molar-refractivity contribution is -0.123. The van der Waals surface area contributed by atoms with Crippen molar-refractivity contribution in [2.75, 3.05) is 0 Å². The van der Waals surface area contributed by atoms with Gasteiger partial charge >= 0.3 is 0 Å². The highest BCUT2D eigenvalue weighted by atomic mass is 16.1. The summed E-state index contributed by atoms with van der Waals surface area (Å²) in [4.78, 5) is 15.5. The summed E-state index contributed by atoms with van der Waals surface area (Å²) in [5.74, 6) is 1.05. The van der Waals surface area contributed by atoms with E-state index in [9.17, 15) is 4.79 Å². The van der Waals surface area contributed by atoms with Crippen LogP contribution in [0.2, 0.25) is 0 Å². The molecular formula is C10H19N5O. The Morgan fingerprint density at radius 2 is 2.06 bits per heavy atom. The molecule has 0 fully saturated rings. The molecule has 1 heterocycles. The number of amides is 1. The highest BCUT2D eigenvalue weighted by molar-refractivity contribution is 5.83. The lowest BCUT2D eigenvalue weighted by atomic mass is 10.0. The molecule has 6 heteroatoms. The number of rotatable bonds is 5. The van der Waals surface area contributed by atoms with E-state index in [0.717, 1.165) is 24.5 Å². The van der Waals surface area contributed by atoms with Crippen molar-refractivity contribution in [1.82, 2.24) is 14.8 Å². The lowest BCUT2D eigenvalue weighted by Gasteiger charge is -2.20. The first-order valence-electron chi connectivity index (χ1n) is 5.42. The van der Waals surface area contributed by atoms with Crippen LogP contribution in [0, 0.1) is 0 Å². The van der Waals surface area contributed by atoms with Crippen LogP contribution in [0.5, 0.6) is 0 Å². The maximum atomic E-state index is 11.1. The molecule has 16 heavy (non-hydrogen) atoms. The molecule has 1 unspecified atom stereocenters. The predicted molar refractivity (Wildman–Crippen MR) is 60.6 cm³/mol. The van der Waals surface area contributed by atoms with Crippen molar-refractivity contribution < 1.29 is 4.79 Å². The van der Waals surface area contributed by atoms with Crippen molar-refractivity contribution in [2.45, 2.75) is 45.7 Å². The second-order valence-electron chi connectivity index (χ2n) is 4.09. The average Bonchev–Trinajstić information content (AvgIpc) is 2.59. The Hall–Kier alpha value is -1.43. The van der Waals surface area contributed by atoms with E-state index < -0.39 is 11.4 Å². The SMILES string of the molecule is CCc1nc(CC)n(CC(C)(N)C(N)=O)n1. The fourth-order valence-electron chi connectivity index (χ4n) is 1.35. The molecule has 4 N–H and O–H groups in total. The average molecular weight is 225 g/mol. The Morgan fingerprint density at radius 1 is 1.44 bits per heavy atom. The Balaban J connectivity index is 2.95. The molecule has 0 saturated heterocycles. The van der Waals surface area contributed by atoms with Gasteiger partial charge in [0, 0.05) is 12.8 Å². The number of hydrogen-bond donors (Lipinski definition) is 2. The maximum absolute atomic E-state index is 11.1. The van der Waals surface area contributed by atoms with Crippen LogP contribution in [0.25, 0.3) is 0 Å². The zero-order valence-corrected chi connectivity index (χ0v) is 10.0. The summed E-state index contributed by atoms with van der Waals surface area (Å²) >= 11 is 0. The number of aryl methyl sites for hydroxylation is 2. The molecule has 1 aromatic rings. The highest BCUT2D eigenvalue weighted by Crippen LogP contribution is 2.07. The summed E-state index contributed by atoms with van der Waals surface area (Å²) in [6, 6.07) is 0. The standard InChI is InChI=1S/C10H19N5O/c1-4-7-13-8(5-2)15(14-7)6-10(3,12)9(11)16/h4-6,12H2,1-3H3,(H2,11,16). The Bertz CT molecular complexity index is 383. The first kappa shape index (κ1) is 12.6. The quantitative estimate of drug-likeness (QED) is 0.712. The fraction of sp³-hybridized carbons (Fsp3) is 0.700. The summed E-state index contributed by atoms with van der Waals surface area (Å²) in [5.41, 5.74) is 9.93. The van der Waals surface area contributed by atoms with Gasteiger partial charge in [0.25, 0.3) is 0 Å². The number of carbonyl (C=O) groups is 1. The molecule has 0 spiro atoms. The van der Waals surface area contributed by atoms with E-state index in [1.807, 2.05) is 13.8 Å². The lowest BCUT2D eigenvalue weighted by Crippen LogP contribution is -2.52. The Kier molecular flexibility index (Phi) is 3.64. The minimum absolute atomic E-state index is 0.262. The van der Waals surface area contributed by atoms with Gasteiger partial charge in [0.1, 0.15) is 11.4 Å². The highest BCUT2D eigenvalue weighted by Gasteiger charge is 2.27. The molecule has 1 rings (SSSR count). The molecular weight excluding hydrogens is 206 g/mol. The largest absolute Gasteiger partial charge is 0.368 e. The molecule has 90 valence electrons. The third kappa shape index (κ3) is 2.57. The Labute approximate surface area is 95.0 Å². The van der Waals surface area contributed by atoms with Gasteiger partial charge in [-0.25, -0.2) is 9.67 Å².